The monoisotopic (exact) mass is 221 g/mol. The lowest BCUT2D eigenvalue weighted by Gasteiger charge is -2.17. The number of carboxylic acids is 2. The van der Waals surface area contributed by atoms with Gasteiger partial charge in [-0.15, -0.1) is 0 Å². The Morgan fingerprint density at radius 2 is 1.60 bits per heavy atom. The molecule has 0 atom stereocenters. The average molecular weight is 221 g/mol. The molecule has 0 saturated heterocycles. The van der Waals surface area contributed by atoms with Gasteiger partial charge < -0.3 is 20.1 Å². The molecule has 0 fully saturated rings. The highest BCUT2D eigenvalue weighted by molar-refractivity contribution is 5.72. The van der Waals surface area contributed by atoms with Crippen LogP contribution >= 0.6 is 0 Å². The molecule has 0 aliphatic heterocycles. The van der Waals surface area contributed by atoms with E-state index in [2.05, 4.69) is 0 Å². The molecular weight excluding hydrogens is 206 g/mol. The summed E-state index contributed by atoms with van der Waals surface area (Å²) < 4.78 is 4.90. The number of aliphatic hydroxyl groups excluding tert-OH is 1. The summed E-state index contributed by atoms with van der Waals surface area (Å²) >= 11 is 0. The number of aliphatic carboxylic acids is 2. The largest absolute Gasteiger partial charge is 0.480 e. The maximum absolute atomic E-state index is 10.4. The van der Waals surface area contributed by atoms with Crippen molar-refractivity contribution in [3.8, 4) is 0 Å². The Kier molecular flexibility index (Phi) is 7.51. The second kappa shape index (κ2) is 8.16. The van der Waals surface area contributed by atoms with Crippen LogP contribution in [0.3, 0.4) is 0 Å². The second-order valence-corrected chi connectivity index (χ2v) is 2.83. The van der Waals surface area contributed by atoms with Gasteiger partial charge in [0.2, 0.25) is 0 Å². The van der Waals surface area contributed by atoms with Crippen LogP contribution in [0.2, 0.25) is 0 Å². The highest BCUT2D eigenvalue weighted by Gasteiger charge is 2.12. The van der Waals surface area contributed by atoms with Gasteiger partial charge in [0.15, 0.2) is 0 Å². The van der Waals surface area contributed by atoms with Crippen molar-refractivity contribution in [2.45, 2.75) is 0 Å². The zero-order chi connectivity index (χ0) is 11.7. The number of hydrogen-bond acceptors (Lipinski definition) is 5. The molecule has 0 aromatic carbocycles. The minimum atomic E-state index is -1.08. The zero-order valence-electron chi connectivity index (χ0n) is 8.26. The number of carboxylic acid groups (broad SMARTS) is 2. The van der Waals surface area contributed by atoms with Crippen molar-refractivity contribution < 1.29 is 29.6 Å². The normalized spacial score (nSPS) is 10.5. The highest BCUT2D eigenvalue weighted by Crippen LogP contribution is 1.89. The molecule has 3 N–H and O–H groups in total. The van der Waals surface area contributed by atoms with Gasteiger partial charge in [0.05, 0.1) is 32.9 Å². The van der Waals surface area contributed by atoms with Gasteiger partial charge in [-0.3, -0.25) is 14.5 Å². The Balaban J connectivity index is 3.79. The van der Waals surface area contributed by atoms with E-state index in [-0.39, 0.29) is 39.5 Å². The van der Waals surface area contributed by atoms with Gasteiger partial charge in [-0.05, 0) is 0 Å². The summed E-state index contributed by atoms with van der Waals surface area (Å²) in [5.41, 5.74) is 0. The van der Waals surface area contributed by atoms with E-state index in [9.17, 15) is 9.59 Å². The molecule has 15 heavy (non-hydrogen) atoms. The van der Waals surface area contributed by atoms with E-state index in [1.165, 1.54) is 4.90 Å². The summed E-state index contributed by atoms with van der Waals surface area (Å²) in [5, 5.41) is 25.4. The lowest BCUT2D eigenvalue weighted by Crippen LogP contribution is -2.36. The first kappa shape index (κ1) is 13.8. The first-order valence-corrected chi connectivity index (χ1v) is 4.40. The van der Waals surface area contributed by atoms with Gasteiger partial charge in [-0.1, -0.05) is 0 Å². The first-order chi connectivity index (χ1) is 7.06. The van der Waals surface area contributed by atoms with Crippen LogP contribution in [0, 0.1) is 0 Å². The minimum absolute atomic E-state index is 0.113. The molecule has 0 radical (unpaired) electrons. The fraction of sp³-hybridized carbons (Fsp3) is 0.750. The molecule has 0 spiro atoms. The Hall–Kier alpha value is -1.18. The summed E-state index contributed by atoms with van der Waals surface area (Å²) in [6.45, 7) is -0.227. The minimum Gasteiger partial charge on any atom is -0.480 e. The SMILES string of the molecule is O=C(O)CN(CCOCCO)CC(=O)O. The third-order valence-electron chi connectivity index (χ3n) is 1.51. The van der Waals surface area contributed by atoms with Gasteiger partial charge in [-0.25, -0.2) is 0 Å². The van der Waals surface area contributed by atoms with Crippen molar-refractivity contribution in [1.82, 2.24) is 4.90 Å². The van der Waals surface area contributed by atoms with Crippen molar-refractivity contribution in [1.29, 1.82) is 0 Å². The molecule has 0 aromatic rings. The average Bonchev–Trinajstić information content (AvgIpc) is 2.10. The lowest BCUT2D eigenvalue weighted by atomic mass is 10.4. The van der Waals surface area contributed by atoms with E-state index in [0.29, 0.717) is 0 Å². The summed E-state index contributed by atoms with van der Waals surface area (Å²) in [6.07, 6.45) is 0. The molecule has 88 valence electrons. The van der Waals surface area contributed by atoms with E-state index in [4.69, 9.17) is 20.1 Å². The maximum Gasteiger partial charge on any atom is 0.317 e. The fourth-order valence-corrected chi connectivity index (χ4v) is 0.957. The second-order valence-electron chi connectivity index (χ2n) is 2.83. The molecule has 0 amide bonds. The molecule has 0 aromatic heterocycles. The predicted octanol–water partition coefficient (Wildman–Crippen LogP) is -1.53. The molecule has 7 heteroatoms. The van der Waals surface area contributed by atoms with Crippen LogP contribution in [0.15, 0.2) is 0 Å². The number of rotatable bonds is 9. The van der Waals surface area contributed by atoms with Crippen molar-refractivity contribution in [3.63, 3.8) is 0 Å². The van der Waals surface area contributed by atoms with Crippen molar-refractivity contribution in [2.24, 2.45) is 0 Å². The molecule has 0 unspecified atom stereocenters. The van der Waals surface area contributed by atoms with Crippen LogP contribution < -0.4 is 0 Å². The summed E-state index contributed by atoms with van der Waals surface area (Å²) in [4.78, 5) is 22.0. The summed E-state index contributed by atoms with van der Waals surface area (Å²) in [6, 6.07) is 0. The quantitative estimate of drug-likeness (QED) is 0.405. The summed E-state index contributed by atoms with van der Waals surface area (Å²) in [5.74, 6) is -2.17. The van der Waals surface area contributed by atoms with E-state index in [1.54, 1.807) is 0 Å². The zero-order valence-corrected chi connectivity index (χ0v) is 8.26. The predicted molar refractivity (Wildman–Crippen MR) is 49.6 cm³/mol. The van der Waals surface area contributed by atoms with Crippen LogP contribution in [-0.4, -0.2) is 71.6 Å². The lowest BCUT2D eigenvalue weighted by molar-refractivity contribution is -0.142. The molecule has 7 nitrogen and oxygen atoms in total. The van der Waals surface area contributed by atoms with E-state index in [0.717, 1.165) is 0 Å². The third-order valence-corrected chi connectivity index (χ3v) is 1.51. The first-order valence-electron chi connectivity index (χ1n) is 4.40. The van der Waals surface area contributed by atoms with Gasteiger partial charge in [0, 0.05) is 6.54 Å². The van der Waals surface area contributed by atoms with Gasteiger partial charge in [0.1, 0.15) is 0 Å². The number of nitrogens with zero attached hydrogens (tertiary/aromatic N) is 1. The van der Waals surface area contributed by atoms with Crippen LogP contribution in [0.1, 0.15) is 0 Å². The van der Waals surface area contributed by atoms with E-state index < -0.39 is 11.9 Å². The highest BCUT2D eigenvalue weighted by atomic mass is 16.5. The van der Waals surface area contributed by atoms with Gasteiger partial charge in [0.25, 0.3) is 0 Å². The molecule has 0 saturated carbocycles. The molecule has 0 aliphatic carbocycles. The van der Waals surface area contributed by atoms with Crippen molar-refractivity contribution in [2.75, 3.05) is 39.5 Å². The molecule has 0 aliphatic rings. The Morgan fingerprint density at radius 3 is 2.00 bits per heavy atom. The Morgan fingerprint density at radius 1 is 1.07 bits per heavy atom. The number of hydrogen-bond donors (Lipinski definition) is 3. The van der Waals surface area contributed by atoms with Crippen LogP contribution in [0.4, 0.5) is 0 Å². The van der Waals surface area contributed by atoms with Gasteiger partial charge >= 0.3 is 11.9 Å². The van der Waals surface area contributed by atoms with Crippen molar-refractivity contribution in [3.05, 3.63) is 0 Å². The topological polar surface area (TPSA) is 107 Å². The smallest absolute Gasteiger partial charge is 0.317 e. The van der Waals surface area contributed by atoms with Crippen molar-refractivity contribution >= 4 is 11.9 Å². The Bertz CT molecular complexity index is 191. The Labute approximate surface area is 86.9 Å². The summed E-state index contributed by atoms with van der Waals surface area (Å²) in [7, 11) is 0. The van der Waals surface area contributed by atoms with Crippen LogP contribution in [0.25, 0.3) is 0 Å². The van der Waals surface area contributed by atoms with E-state index in [1.807, 2.05) is 0 Å². The molecule has 0 bridgehead atoms. The molecule has 0 rings (SSSR count). The number of aliphatic hydroxyl groups is 1. The third kappa shape index (κ3) is 9.13. The van der Waals surface area contributed by atoms with Crippen LogP contribution in [-0.2, 0) is 14.3 Å². The number of carbonyl (C=O) groups is 2. The van der Waals surface area contributed by atoms with Crippen LogP contribution in [0.5, 0.6) is 0 Å². The molecular formula is C8H15NO6. The molecule has 0 heterocycles. The maximum atomic E-state index is 10.4. The number of ether oxygens (including phenoxy) is 1. The fourth-order valence-electron chi connectivity index (χ4n) is 0.957. The standard InChI is InChI=1S/C8H15NO6/c10-2-4-15-3-1-9(5-7(11)12)6-8(13)14/h10H,1-6H2,(H,11,12)(H,13,14). The van der Waals surface area contributed by atoms with Gasteiger partial charge in [-0.2, -0.15) is 0 Å². The van der Waals surface area contributed by atoms with E-state index >= 15 is 0 Å².